The van der Waals surface area contributed by atoms with Crippen LogP contribution in [0.2, 0.25) is 0 Å². The molecule has 0 atom stereocenters. The monoisotopic (exact) mass is 420 g/mol. The normalized spacial score (nSPS) is 11.1. The summed E-state index contributed by atoms with van der Waals surface area (Å²) in [7, 11) is 0. The molecule has 1 N–H and O–H groups in total. The molecule has 0 radical (unpaired) electrons. The lowest BCUT2D eigenvalue weighted by Crippen LogP contribution is -2.17. The second-order valence-corrected chi connectivity index (χ2v) is 6.00. The summed E-state index contributed by atoms with van der Waals surface area (Å²) in [4.78, 5) is 22.6. The molecule has 0 aliphatic heterocycles. The van der Waals surface area contributed by atoms with Crippen LogP contribution in [0.15, 0.2) is 66.7 Å². The van der Waals surface area contributed by atoms with Gasteiger partial charge >= 0.3 is 12.0 Å². The quantitative estimate of drug-likeness (QED) is 0.333. The maximum absolute atomic E-state index is 13.5. The van der Waals surface area contributed by atoms with E-state index >= 15 is 0 Å². The Morgan fingerprint density at radius 1 is 1.00 bits per heavy atom. The molecular weight excluding hydrogens is 408 g/mol. The van der Waals surface area contributed by atoms with E-state index in [2.05, 4.69) is 10.1 Å². The van der Waals surface area contributed by atoms with Crippen LogP contribution in [-0.4, -0.2) is 17.2 Å². The first-order valence-electron chi connectivity index (χ1n) is 8.34. The van der Waals surface area contributed by atoms with Crippen molar-refractivity contribution in [3.8, 4) is 16.9 Å². The summed E-state index contributed by atoms with van der Waals surface area (Å²) in [6.45, 7) is 0. The number of hydrogen-bond acceptors (Lipinski definition) is 4. The summed E-state index contributed by atoms with van der Waals surface area (Å²) in [5.74, 6) is -2.09. The number of amides is 1. The van der Waals surface area contributed by atoms with E-state index in [1.54, 1.807) is 18.2 Å². The molecule has 0 unspecified atom stereocenters. The lowest BCUT2D eigenvalue weighted by Gasteiger charge is -2.12. The number of alkyl halides is 3. The number of ether oxygens (including phenoxy) is 1. The number of nitrogens with one attached hydrogen (secondary N) is 1. The molecular formula is C20H12F4N2O4. The number of benzene rings is 3. The van der Waals surface area contributed by atoms with Crippen LogP contribution in [0.5, 0.6) is 5.75 Å². The molecule has 1 amide bonds. The second-order valence-electron chi connectivity index (χ2n) is 6.00. The minimum atomic E-state index is -4.82. The standard InChI is InChI=1S/C20H12F4N2O4/c21-17-10-7-13(11-18(17)26(28)29)25-19(27)16-4-2-1-3-15(16)12-5-8-14(9-6-12)30-20(22,23)24/h1-11H,(H,25,27). The zero-order chi connectivity index (χ0) is 21.9. The Kier molecular flexibility index (Phi) is 5.67. The van der Waals surface area contributed by atoms with Gasteiger partial charge in [-0.25, -0.2) is 0 Å². The highest BCUT2D eigenvalue weighted by Crippen LogP contribution is 2.29. The molecule has 0 saturated heterocycles. The van der Waals surface area contributed by atoms with Gasteiger partial charge in [-0.15, -0.1) is 13.2 Å². The Bertz CT molecular complexity index is 1100. The molecule has 0 aromatic heterocycles. The predicted octanol–water partition coefficient (Wildman–Crippen LogP) is 5.55. The summed E-state index contributed by atoms with van der Waals surface area (Å²) in [5.41, 5.74) is 0.234. The number of nitro benzene ring substituents is 1. The minimum absolute atomic E-state index is 0.0110. The van der Waals surface area contributed by atoms with Crippen LogP contribution in [0, 0.1) is 15.9 Å². The maximum atomic E-state index is 13.5. The Labute approximate surface area is 166 Å². The van der Waals surface area contributed by atoms with Crippen LogP contribution < -0.4 is 10.1 Å². The molecule has 0 spiro atoms. The van der Waals surface area contributed by atoms with Gasteiger partial charge in [-0.3, -0.25) is 14.9 Å². The molecule has 6 nitrogen and oxygen atoms in total. The summed E-state index contributed by atoms with van der Waals surface area (Å²) >= 11 is 0. The number of anilines is 1. The molecule has 3 aromatic rings. The highest BCUT2D eigenvalue weighted by Gasteiger charge is 2.31. The van der Waals surface area contributed by atoms with E-state index in [0.29, 0.717) is 11.1 Å². The molecule has 3 aromatic carbocycles. The van der Waals surface area contributed by atoms with Crippen LogP contribution in [0.1, 0.15) is 10.4 Å². The molecule has 0 aliphatic rings. The van der Waals surface area contributed by atoms with Gasteiger partial charge in [0.15, 0.2) is 0 Å². The Morgan fingerprint density at radius 3 is 2.30 bits per heavy atom. The molecule has 154 valence electrons. The maximum Gasteiger partial charge on any atom is 0.573 e. The Morgan fingerprint density at radius 2 is 1.67 bits per heavy atom. The van der Waals surface area contributed by atoms with Crippen molar-refractivity contribution in [2.45, 2.75) is 6.36 Å². The van der Waals surface area contributed by atoms with Gasteiger partial charge in [0.2, 0.25) is 5.82 Å². The molecule has 0 aliphatic carbocycles. The average Bonchev–Trinajstić information content (AvgIpc) is 2.68. The van der Waals surface area contributed by atoms with Crippen LogP contribution in [0.3, 0.4) is 0 Å². The second kappa shape index (κ2) is 8.19. The minimum Gasteiger partial charge on any atom is -0.406 e. The number of nitrogens with zero attached hydrogens (tertiary/aromatic N) is 1. The van der Waals surface area contributed by atoms with Gasteiger partial charge in [-0.2, -0.15) is 4.39 Å². The van der Waals surface area contributed by atoms with Crippen LogP contribution in [-0.2, 0) is 0 Å². The van der Waals surface area contributed by atoms with Crippen LogP contribution in [0.4, 0.5) is 28.9 Å². The van der Waals surface area contributed by atoms with Gasteiger partial charge in [0.05, 0.1) is 4.92 Å². The molecule has 0 saturated carbocycles. The lowest BCUT2D eigenvalue weighted by atomic mass is 9.99. The summed E-state index contributed by atoms with van der Waals surface area (Å²) in [6, 6.07) is 14.1. The van der Waals surface area contributed by atoms with Crippen molar-refractivity contribution in [1.29, 1.82) is 0 Å². The SMILES string of the molecule is O=C(Nc1ccc(F)c([N+](=O)[O-])c1)c1ccccc1-c1ccc(OC(F)(F)F)cc1. The van der Waals surface area contributed by atoms with Crippen molar-refractivity contribution in [1.82, 2.24) is 0 Å². The molecule has 3 rings (SSSR count). The topological polar surface area (TPSA) is 81.5 Å². The van der Waals surface area contributed by atoms with Crippen LogP contribution in [0.25, 0.3) is 11.1 Å². The van der Waals surface area contributed by atoms with E-state index in [1.807, 2.05) is 0 Å². The zero-order valence-electron chi connectivity index (χ0n) is 14.9. The lowest BCUT2D eigenvalue weighted by molar-refractivity contribution is -0.387. The van der Waals surface area contributed by atoms with Crippen molar-refractivity contribution in [3.05, 3.63) is 88.2 Å². The largest absolute Gasteiger partial charge is 0.573 e. The van der Waals surface area contributed by atoms with Gasteiger partial charge in [-0.1, -0.05) is 30.3 Å². The van der Waals surface area contributed by atoms with Crippen molar-refractivity contribution in [2.75, 3.05) is 5.32 Å². The molecule has 0 heterocycles. The van der Waals surface area contributed by atoms with Crippen molar-refractivity contribution >= 4 is 17.3 Å². The van der Waals surface area contributed by atoms with Gasteiger partial charge < -0.3 is 10.1 Å². The smallest absolute Gasteiger partial charge is 0.406 e. The predicted molar refractivity (Wildman–Crippen MR) is 99.6 cm³/mol. The summed E-state index contributed by atoms with van der Waals surface area (Å²) in [6.07, 6.45) is -4.82. The third-order valence-corrected chi connectivity index (χ3v) is 3.97. The van der Waals surface area contributed by atoms with Crippen LogP contribution >= 0.6 is 0 Å². The van der Waals surface area contributed by atoms with Gasteiger partial charge in [0.25, 0.3) is 5.91 Å². The fourth-order valence-electron chi connectivity index (χ4n) is 2.70. The fraction of sp³-hybridized carbons (Fsp3) is 0.0500. The summed E-state index contributed by atoms with van der Waals surface area (Å²) in [5, 5.41) is 13.3. The molecule has 0 fully saturated rings. The average molecular weight is 420 g/mol. The first kappa shape index (κ1) is 20.8. The first-order chi connectivity index (χ1) is 14.1. The van der Waals surface area contributed by atoms with Crippen molar-refractivity contribution in [2.24, 2.45) is 0 Å². The Balaban J connectivity index is 1.87. The van der Waals surface area contributed by atoms with E-state index < -0.39 is 34.4 Å². The van der Waals surface area contributed by atoms with E-state index in [4.69, 9.17) is 0 Å². The fourth-order valence-corrected chi connectivity index (χ4v) is 2.70. The highest BCUT2D eigenvalue weighted by molar-refractivity contribution is 6.08. The molecule has 10 heteroatoms. The number of nitro groups is 1. The van der Waals surface area contributed by atoms with Gasteiger partial charge in [-0.05, 0) is 41.5 Å². The van der Waals surface area contributed by atoms with Crippen molar-refractivity contribution in [3.63, 3.8) is 0 Å². The number of rotatable bonds is 5. The van der Waals surface area contributed by atoms with E-state index in [0.717, 1.165) is 24.3 Å². The Hall–Kier alpha value is -3.95. The van der Waals surface area contributed by atoms with E-state index in [-0.39, 0.29) is 11.3 Å². The van der Waals surface area contributed by atoms with Gasteiger partial charge in [0.1, 0.15) is 5.75 Å². The third kappa shape index (κ3) is 4.90. The number of hydrogen-bond donors (Lipinski definition) is 1. The highest BCUT2D eigenvalue weighted by atomic mass is 19.4. The third-order valence-electron chi connectivity index (χ3n) is 3.97. The summed E-state index contributed by atoms with van der Waals surface area (Å²) < 4.78 is 54.2. The number of halogens is 4. The first-order valence-corrected chi connectivity index (χ1v) is 8.34. The number of carbonyl (C=O) groups excluding carboxylic acids is 1. The van der Waals surface area contributed by atoms with E-state index in [1.165, 1.54) is 24.3 Å². The van der Waals surface area contributed by atoms with Crippen molar-refractivity contribution < 1.29 is 32.0 Å². The molecule has 0 bridgehead atoms. The zero-order valence-corrected chi connectivity index (χ0v) is 14.9. The molecule has 30 heavy (non-hydrogen) atoms. The number of carbonyl (C=O) groups is 1. The van der Waals surface area contributed by atoms with E-state index in [9.17, 15) is 32.5 Å². The van der Waals surface area contributed by atoms with Gasteiger partial charge in [0, 0.05) is 17.3 Å².